The lowest BCUT2D eigenvalue weighted by Gasteiger charge is -2.42. The van der Waals surface area contributed by atoms with Crippen molar-refractivity contribution in [1.82, 2.24) is 0 Å². The van der Waals surface area contributed by atoms with Crippen LogP contribution < -0.4 is 9.64 Å². The molecule has 2 aliphatic carbocycles. The minimum atomic E-state index is -0.489. The molecule has 1 atom stereocenters. The van der Waals surface area contributed by atoms with Gasteiger partial charge in [0.15, 0.2) is 0 Å². The number of hydrogen-bond donors (Lipinski definition) is 0. The molecular formula is C58H45NO. The van der Waals surface area contributed by atoms with E-state index < -0.39 is 5.41 Å². The van der Waals surface area contributed by atoms with Gasteiger partial charge in [-0.25, -0.2) is 0 Å². The minimum absolute atomic E-state index is 0.126. The lowest BCUT2D eigenvalue weighted by Crippen LogP contribution is -2.34. The largest absolute Gasteiger partial charge is 0.456 e. The molecule has 0 aromatic heterocycles. The number of allylic oxidation sites excluding steroid dienone is 4. The summed E-state index contributed by atoms with van der Waals surface area (Å²) in [6, 6.07) is 70.9. The molecule has 60 heavy (non-hydrogen) atoms. The van der Waals surface area contributed by atoms with E-state index in [0.717, 1.165) is 46.8 Å². The van der Waals surface area contributed by atoms with Crippen molar-refractivity contribution in [1.29, 1.82) is 0 Å². The highest BCUT2D eigenvalue weighted by Crippen LogP contribution is 2.57. The number of rotatable bonds is 5. The molecule has 1 unspecified atom stereocenters. The number of benzene rings is 8. The molecule has 11 rings (SSSR count). The van der Waals surface area contributed by atoms with Crippen molar-refractivity contribution in [3.63, 3.8) is 0 Å². The van der Waals surface area contributed by atoms with Crippen LogP contribution in [0, 0.1) is 0 Å². The van der Waals surface area contributed by atoms with Crippen LogP contribution in [0.15, 0.2) is 218 Å². The quantitative estimate of drug-likeness (QED) is 0.173. The molecule has 8 aromatic carbocycles. The smallest absolute Gasteiger partial charge is 0.139 e. The Kier molecular flexibility index (Phi) is 8.56. The first-order valence-electron chi connectivity index (χ1n) is 21.1. The lowest BCUT2D eigenvalue weighted by molar-refractivity contribution is 0.418. The molecule has 0 amide bonds. The van der Waals surface area contributed by atoms with Crippen molar-refractivity contribution >= 4 is 11.4 Å². The van der Waals surface area contributed by atoms with E-state index in [1.165, 1.54) is 61.3 Å². The fraction of sp³-hybridized carbons (Fsp3) is 0.103. The third kappa shape index (κ3) is 5.70. The van der Waals surface area contributed by atoms with Gasteiger partial charge in [-0.15, -0.1) is 0 Å². The summed E-state index contributed by atoms with van der Waals surface area (Å²) in [5.41, 5.74) is 17.9. The average Bonchev–Trinajstić information content (AvgIpc) is 3.57. The number of fused-ring (bicyclic) bond motifs is 9. The molecule has 1 aliphatic heterocycles. The first-order valence-corrected chi connectivity index (χ1v) is 21.1. The second kappa shape index (κ2) is 14.3. The number of anilines is 2. The third-order valence-electron chi connectivity index (χ3n) is 13.2. The van der Waals surface area contributed by atoms with Gasteiger partial charge in [0.05, 0.1) is 5.41 Å². The Morgan fingerprint density at radius 3 is 1.87 bits per heavy atom. The SMILES string of the molecule is CC1(C)c2ccccc2-c2ccc(N(/C3=C/C=C\CC4(c5ccccc5C3)c3ccccc3Oc3c(-c5ccccc5)cccc34)c3ccc(-c4ccccc4)cc3)cc21. The Bertz CT molecular complexity index is 2970. The standard InChI is InChI=1S/C58H45NO/c1-57(2)51-27-12-10-24-48(51)49-36-35-46(39-54(49)57)59(44-33-31-41(32-34-44)40-18-5-3-6-19-40)45-23-15-16-37-58(50-26-11-9-22-43(50)38-45)52-28-13-14-30-55(52)60-56-47(25-17-29-53(56)58)42-20-7-4-8-21-42/h3-36,39H,37-38H2,1-2H3/b16-15-,45-23+. The van der Waals surface area contributed by atoms with Gasteiger partial charge in [0.25, 0.3) is 0 Å². The number of para-hydroxylation sites is 2. The monoisotopic (exact) mass is 771 g/mol. The van der Waals surface area contributed by atoms with Gasteiger partial charge >= 0.3 is 0 Å². The fourth-order valence-electron chi connectivity index (χ4n) is 10.3. The third-order valence-corrected chi connectivity index (χ3v) is 13.2. The second-order valence-corrected chi connectivity index (χ2v) is 16.8. The maximum Gasteiger partial charge on any atom is 0.139 e. The maximum atomic E-state index is 6.96. The molecule has 288 valence electrons. The van der Waals surface area contributed by atoms with Crippen LogP contribution in [0.5, 0.6) is 11.5 Å². The number of hydrogen-bond acceptors (Lipinski definition) is 2. The molecule has 0 bridgehead atoms. The molecule has 0 N–H and O–H groups in total. The van der Waals surface area contributed by atoms with Crippen LogP contribution in [-0.4, -0.2) is 0 Å². The predicted molar refractivity (Wildman–Crippen MR) is 248 cm³/mol. The van der Waals surface area contributed by atoms with Crippen LogP contribution in [0.25, 0.3) is 33.4 Å². The zero-order valence-electron chi connectivity index (χ0n) is 34.0. The van der Waals surface area contributed by atoms with Crippen LogP contribution in [0.3, 0.4) is 0 Å². The highest BCUT2D eigenvalue weighted by atomic mass is 16.5. The van der Waals surface area contributed by atoms with Crippen molar-refractivity contribution in [2.24, 2.45) is 0 Å². The van der Waals surface area contributed by atoms with Crippen LogP contribution in [-0.2, 0) is 17.3 Å². The average molecular weight is 772 g/mol. The summed E-state index contributed by atoms with van der Waals surface area (Å²) in [6.45, 7) is 4.73. The zero-order valence-corrected chi connectivity index (χ0v) is 34.0. The molecule has 2 nitrogen and oxygen atoms in total. The molecule has 0 fully saturated rings. The molecule has 8 aromatic rings. The molecular weight excluding hydrogens is 727 g/mol. The van der Waals surface area contributed by atoms with Crippen LogP contribution >= 0.6 is 0 Å². The van der Waals surface area contributed by atoms with Crippen molar-refractivity contribution in [2.75, 3.05) is 4.90 Å². The van der Waals surface area contributed by atoms with Gasteiger partial charge < -0.3 is 9.64 Å². The Hall–Kier alpha value is -7.16. The fourth-order valence-corrected chi connectivity index (χ4v) is 10.3. The summed E-state index contributed by atoms with van der Waals surface area (Å²) in [5.74, 6) is 1.84. The summed E-state index contributed by atoms with van der Waals surface area (Å²) in [4.78, 5) is 2.49. The highest BCUT2D eigenvalue weighted by molar-refractivity contribution is 5.85. The van der Waals surface area contributed by atoms with Gasteiger partial charge in [-0.3, -0.25) is 0 Å². The van der Waals surface area contributed by atoms with Crippen LogP contribution in [0.4, 0.5) is 11.4 Å². The van der Waals surface area contributed by atoms with Gasteiger partial charge in [0, 0.05) is 45.6 Å². The molecule has 2 heteroatoms. The summed E-state index contributed by atoms with van der Waals surface area (Å²) >= 11 is 0. The van der Waals surface area contributed by atoms with Crippen molar-refractivity contribution in [2.45, 2.75) is 37.5 Å². The Morgan fingerprint density at radius 2 is 1.07 bits per heavy atom. The van der Waals surface area contributed by atoms with Gasteiger partial charge in [-0.05, 0) is 92.9 Å². The van der Waals surface area contributed by atoms with E-state index in [1.807, 2.05) is 0 Å². The summed E-state index contributed by atoms with van der Waals surface area (Å²) in [7, 11) is 0. The van der Waals surface area contributed by atoms with E-state index in [0.29, 0.717) is 0 Å². The maximum absolute atomic E-state index is 6.96. The lowest BCUT2D eigenvalue weighted by atomic mass is 9.64. The molecule has 1 spiro atoms. The van der Waals surface area contributed by atoms with E-state index >= 15 is 0 Å². The van der Waals surface area contributed by atoms with Crippen molar-refractivity contribution in [3.05, 3.63) is 251 Å². The topological polar surface area (TPSA) is 12.5 Å². The Labute approximate surface area is 353 Å². The predicted octanol–water partition coefficient (Wildman–Crippen LogP) is 15.0. The number of nitrogens with zero attached hydrogens (tertiary/aromatic N) is 1. The van der Waals surface area contributed by atoms with E-state index in [4.69, 9.17) is 4.74 Å². The van der Waals surface area contributed by atoms with E-state index in [1.54, 1.807) is 0 Å². The Morgan fingerprint density at radius 1 is 0.467 bits per heavy atom. The van der Waals surface area contributed by atoms with Crippen LogP contribution in [0.1, 0.15) is 53.6 Å². The summed E-state index contributed by atoms with van der Waals surface area (Å²) in [6.07, 6.45) is 8.51. The minimum Gasteiger partial charge on any atom is -0.456 e. The zero-order chi connectivity index (χ0) is 40.3. The summed E-state index contributed by atoms with van der Waals surface area (Å²) < 4.78 is 6.96. The van der Waals surface area contributed by atoms with E-state index in [9.17, 15) is 0 Å². The van der Waals surface area contributed by atoms with Gasteiger partial charge in [-0.1, -0.05) is 190 Å². The molecule has 0 saturated heterocycles. The molecule has 0 saturated carbocycles. The first-order chi connectivity index (χ1) is 29.5. The Balaban J connectivity index is 1.09. The van der Waals surface area contributed by atoms with Crippen LogP contribution in [0.2, 0.25) is 0 Å². The van der Waals surface area contributed by atoms with Gasteiger partial charge in [0.1, 0.15) is 11.5 Å². The summed E-state index contributed by atoms with van der Waals surface area (Å²) in [5, 5.41) is 0. The molecule has 1 heterocycles. The molecule has 3 aliphatic rings. The molecule has 0 radical (unpaired) electrons. The number of ether oxygens (including phenoxy) is 1. The van der Waals surface area contributed by atoms with Crippen molar-refractivity contribution in [3.8, 4) is 44.9 Å². The normalized spacial score (nSPS) is 18.1. The van der Waals surface area contributed by atoms with E-state index in [-0.39, 0.29) is 5.41 Å². The first kappa shape index (κ1) is 36.0. The second-order valence-electron chi connectivity index (χ2n) is 16.8. The highest BCUT2D eigenvalue weighted by Gasteiger charge is 2.45. The van der Waals surface area contributed by atoms with Gasteiger partial charge in [0.2, 0.25) is 0 Å². The van der Waals surface area contributed by atoms with Crippen molar-refractivity contribution < 1.29 is 4.74 Å². The van der Waals surface area contributed by atoms with Gasteiger partial charge in [-0.2, -0.15) is 0 Å². The van der Waals surface area contributed by atoms with E-state index in [2.05, 4.69) is 231 Å².